The van der Waals surface area contributed by atoms with Crippen LogP contribution in [0.4, 0.5) is 0 Å². The van der Waals surface area contributed by atoms with E-state index < -0.39 is 0 Å². The van der Waals surface area contributed by atoms with Crippen LogP contribution in [0.25, 0.3) is 0 Å². The molecule has 0 saturated heterocycles. The molecule has 0 radical (unpaired) electrons. The lowest BCUT2D eigenvalue weighted by molar-refractivity contribution is 0.184. The Morgan fingerprint density at radius 1 is 1.69 bits per heavy atom. The molecule has 13 heavy (non-hydrogen) atoms. The number of aryl methyl sites for hydroxylation is 1. The van der Waals surface area contributed by atoms with Gasteiger partial charge in [0.25, 0.3) is 0 Å². The third kappa shape index (κ3) is 2.71. The lowest BCUT2D eigenvalue weighted by atomic mass is 10.2. The highest BCUT2D eigenvalue weighted by Gasteiger charge is 2.08. The van der Waals surface area contributed by atoms with Crippen LogP contribution in [0.2, 0.25) is 5.15 Å². The second-order valence-corrected chi connectivity index (χ2v) is 3.51. The number of imidazole rings is 1. The minimum Gasteiger partial charge on any atom is -0.393 e. The van der Waals surface area contributed by atoms with Crippen LogP contribution in [0, 0.1) is 0 Å². The second kappa shape index (κ2) is 4.63. The van der Waals surface area contributed by atoms with Gasteiger partial charge in [0, 0.05) is 6.54 Å². The number of nitrogens with zero attached hydrogens (tertiary/aromatic N) is 2. The van der Waals surface area contributed by atoms with Crippen LogP contribution in [-0.2, 0) is 13.0 Å². The van der Waals surface area contributed by atoms with Crippen molar-refractivity contribution in [2.45, 2.75) is 39.3 Å². The van der Waals surface area contributed by atoms with Crippen molar-refractivity contribution in [3.05, 3.63) is 17.2 Å². The van der Waals surface area contributed by atoms with Crippen molar-refractivity contribution in [1.82, 2.24) is 9.55 Å². The summed E-state index contributed by atoms with van der Waals surface area (Å²) in [6.45, 7) is 4.69. The minimum absolute atomic E-state index is 0.281. The van der Waals surface area contributed by atoms with Gasteiger partial charge in [-0.3, -0.25) is 0 Å². The lowest BCUT2D eigenvalue weighted by Gasteiger charge is -2.06. The van der Waals surface area contributed by atoms with Crippen LogP contribution in [0.5, 0.6) is 0 Å². The molecule has 0 saturated carbocycles. The fourth-order valence-electron chi connectivity index (χ4n) is 1.25. The Hall–Kier alpha value is -0.540. The summed E-state index contributed by atoms with van der Waals surface area (Å²) in [5.74, 6) is 0. The number of rotatable bonds is 4. The molecule has 0 aliphatic heterocycles. The number of hydrogen-bond donors (Lipinski definition) is 1. The molecule has 0 aromatic carbocycles. The molecule has 0 aliphatic rings. The first-order valence-electron chi connectivity index (χ1n) is 4.52. The van der Waals surface area contributed by atoms with Gasteiger partial charge in [0.1, 0.15) is 5.15 Å². The van der Waals surface area contributed by atoms with E-state index in [4.69, 9.17) is 16.7 Å². The number of aliphatic hydroxyl groups excluding tert-OH is 1. The summed E-state index contributed by atoms with van der Waals surface area (Å²) in [5.41, 5.74) is 1.02. The Balaban J connectivity index is 2.68. The van der Waals surface area contributed by atoms with E-state index in [1.165, 1.54) is 0 Å². The highest BCUT2D eigenvalue weighted by Crippen LogP contribution is 2.16. The maximum Gasteiger partial charge on any atom is 0.150 e. The van der Waals surface area contributed by atoms with Gasteiger partial charge in [-0.05, 0) is 26.7 Å². The van der Waals surface area contributed by atoms with Gasteiger partial charge in [-0.15, -0.1) is 0 Å². The molecule has 0 amide bonds. The first-order chi connectivity index (χ1) is 6.15. The van der Waals surface area contributed by atoms with E-state index in [-0.39, 0.29) is 6.10 Å². The van der Waals surface area contributed by atoms with E-state index in [1.54, 1.807) is 13.3 Å². The maximum absolute atomic E-state index is 9.13. The van der Waals surface area contributed by atoms with Crippen molar-refractivity contribution in [3.8, 4) is 0 Å². The molecule has 0 aliphatic carbocycles. The summed E-state index contributed by atoms with van der Waals surface area (Å²) in [6.07, 6.45) is 2.96. The Bertz CT molecular complexity index is 271. The summed E-state index contributed by atoms with van der Waals surface area (Å²) >= 11 is 5.89. The average molecular weight is 203 g/mol. The minimum atomic E-state index is -0.281. The van der Waals surface area contributed by atoms with Crippen molar-refractivity contribution in [1.29, 1.82) is 0 Å². The molecule has 1 aromatic rings. The van der Waals surface area contributed by atoms with Gasteiger partial charge in [0.05, 0.1) is 18.1 Å². The molecule has 0 fully saturated rings. The molecule has 3 nitrogen and oxygen atoms in total. The molecule has 1 N–H and O–H groups in total. The molecule has 4 heteroatoms. The predicted molar refractivity (Wildman–Crippen MR) is 52.9 cm³/mol. The molecular weight excluding hydrogens is 188 g/mol. The summed E-state index contributed by atoms with van der Waals surface area (Å²) in [5, 5.41) is 9.69. The molecule has 0 unspecified atom stereocenters. The van der Waals surface area contributed by atoms with Gasteiger partial charge in [-0.1, -0.05) is 11.6 Å². The third-order valence-corrected chi connectivity index (χ3v) is 2.35. The molecule has 1 rings (SSSR count). The van der Waals surface area contributed by atoms with Crippen LogP contribution >= 0.6 is 11.6 Å². The Morgan fingerprint density at radius 3 is 2.92 bits per heavy atom. The quantitative estimate of drug-likeness (QED) is 0.810. The van der Waals surface area contributed by atoms with Gasteiger partial charge in [0.15, 0.2) is 0 Å². The van der Waals surface area contributed by atoms with Gasteiger partial charge in [-0.2, -0.15) is 0 Å². The van der Waals surface area contributed by atoms with Crippen molar-refractivity contribution in [2.24, 2.45) is 0 Å². The second-order valence-electron chi connectivity index (χ2n) is 3.16. The summed E-state index contributed by atoms with van der Waals surface area (Å²) in [6, 6.07) is 0. The van der Waals surface area contributed by atoms with Crippen LogP contribution < -0.4 is 0 Å². The van der Waals surface area contributed by atoms with E-state index in [0.717, 1.165) is 25.1 Å². The van der Waals surface area contributed by atoms with E-state index in [9.17, 15) is 0 Å². The largest absolute Gasteiger partial charge is 0.393 e. The molecule has 0 spiro atoms. The van der Waals surface area contributed by atoms with Crippen LogP contribution in [0.3, 0.4) is 0 Å². The highest BCUT2D eigenvalue weighted by atomic mass is 35.5. The summed E-state index contributed by atoms with van der Waals surface area (Å²) in [7, 11) is 0. The lowest BCUT2D eigenvalue weighted by Crippen LogP contribution is -2.06. The third-order valence-electron chi connectivity index (χ3n) is 2.03. The predicted octanol–water partition coefficient (Wildman–Crippen LogP) is 1.87. The number of aliphatic hydroxyl groups is 1. The zero-order valence-corrected chi connectivity index (χ0v) is 8.75. The number of aromatic nitrogens is 2. The average Bonchev–Trinajstić information content (AvgIpc) is 2.43. The normalized spacial score (nSPS) is 13.2. The SMILES string of the molecule is CCn1cnc(Cl)c1CC[C@H](C)O. The van der Waals surface area contributed by atoms with Gasteiger partial charge < -0.3 is 9.67 Å². The zero-order valence-electron chi connectivity index (χ0n) is 8.00. The van der Waals surface area contributed by atoms with Gasteiger partial charge in [-0.25, -0.2) is 4.98 Å². The van der Waals surface area contributed by atoms with Crippen molar-refractivity contribution in [2.75, 3.05) is 0 Å². The summed E-state index contributed by atoms with van der Waals surface area (Å²) in [4.78, 5) is 4.01. The first kappa shape index (κ1) is 10.5. The van der Waals surface area contributed by atoms with E-state index >= 15 is 0 Å². The Labute approximate surface area is 83.4 Å². The van der Waals surface area contributed by atoms with Crippen LogP contribution in [0.15, 0.2) is 6.33 Å². The molecule has 74 valence electrons. The van der Waals surface area contributed by atoms with E-state index in [0.29, 0.717) is 5.15 Å². The molecule has 1 aromatic heterocycles. The van der Waals surface area contributed by atoms with E-state index in [1.807, 2.05) is 11.5 Å². The number of hydrogen-bond acceptors (Lipinski definition) is 2. The molecule has 1 atom stereocenters. The molecule has 1 heterocycles. The van der Waals surface area contributed by atoms with Crippen LogP contribution in [-0.4, -0.2) is 20.8 Å². The fraction of sp³-hybridized carbons (Fsp3) is 0.667. The van der Waals surface area contributed by atoms with Gasteiger partial charge >= 0.3 is 0 Å². The standard InChI is InChI=1S/C9H15ClN2O/c1-3-12-6-11-9(10)8(12)5-4-7(2)13/h6-7,13H,3-5H2,1-2H3/t7-/m0/s1. The Morgan fingerprint density at radius 2 is 2.38 bits per heavy atom. The topological polar surface area (TPSA) is 38.0 Å². The smallest absolute Gasteiger partial charge is 0.150 e. The fourth-order valence-corrected chi connectivity index (χ4v) is 1.49. The Kier molecular flexibility index (Phi) is 3.75. The number of halogens is 1. The van der Waals surface area contributed by atoms with Crippen LogP contribution in [0.1, 0.15) is 26.0 Å². The van der Waals surface area contributed by atoms with Crippen molar-refractivity contribution in [3.63, 3.8) is 0 Å². The van der Waals surface area contributed by atoms with Crippen molar-refractivity contribution < 1.29 is 5.11 Å². The van der Waals surface area contributed by atoms with Crippen molar-refractivity contribution >= 4 is 11.6 Å². The zero-order chi connectivity index (χ0) is 9.84. The van der Waals surface area contributed by atoms with E-state index in [2.05, 4.69) is 4.98 Å². The summed E-state index contributed by atoms with van der Waals surface area (Å²) < 4.78 is 2.00. The first-order valence-corrected chi connectivity index (χ1v) is 4.90. The molecule has 0 bridgehead atoms. The maximum atomic E-state index is 9.13. The highest BCUT2D eigenvalue weighted by molar-refractivity contribution is 6.30. The monoisotopic (exact) mass is 202 g/mol. The van der Waals surface area contributed by atoms with Gasteiger partial charge in [0.2, 0.25) is 0 Å². The molecular formula is C9H15ClN2O.